The normalized spacial score (nSPS) is 9.07. The number of carbonyl (C=O) groups excluding carboxylic acids is 2. The zero-order valence-corrected chi connectivity index (χ0v) is 16.4. The van der Waals surface area contributed by atoms with E-state index < -0.39 is 11.9 Å². The number of ether oxygens (including phenoxy) is 2. The molecule has 0 atom stereocenters. The van der Waals surface area contributed by atoms with Crippen LogP contribution in [0.25, 0.3) is 0 Å². The SMILES string of the molecule is C=CC(=O)OC(C)C.C=CC(=O)OC(C)C.O=C(O)c1ccccc1C(=O)O. The number of carboxylic acid groups (broad SMARTS) is 2. The van der Waals surface area contributed by atoms with Crippen LogP contribution in [0.4, 0.5) is 0 Å². The lowest BCUT2D eigenvalue weighted by Crippen LogP contribution is -2.07. The molecule has 0 unspecified atom stereocenters. The summed E-state index contributed by atoms with van der Waals surface area (Å²) >= 11 is 0. The maximum atomic E-state index is 10.5. The Labute approximate surface area is 164 Å². The van der Waals surface area contributed by atoms with E-state index in [1.54, 1.807) is 27.7 Å². The van der Waals surface area contributed by atoms with Crippen molar-refractivity contribution >= 4 is 23.9 Å². The third-order valence-corrected chi connectivity index (χ3v) is 2.42. The second-order valence-corrected chi connectivity index (χ2v) is 5.54. The van der Waals surface area contributed by atoms with Crippen molar-refractivity contribution in [2.24, 2.45) is 0 Å². The van der Waals surface area contributed by atoms with Crippen LogP contribution in [0.2, 0.25) is 0 Å². The maximum absolute atomic E-state index is 10.5. The van der Waals surface area contributed by atoms with Crippen LogP contribution in [0.1, 0.15) is 48.4 Å². The molecule has 1 rings (SSSR count). The van der Waals surface area contributed by atoms with E-state index in [0.29, 0.717) is 0 Å². The number of hydrogen-bond acceptors (Lipinski definition) is 6. The van der Waals surface area contributed by atoms with Gasteiger partial charge in [0.15, 0.2) is 0 Å². The molecular weight excluding hydrogens is 368 g/mol. The molecule has 1 aromatic rings. The predicted octanol–water partition coefficient (Wildman–Crippen LogP) is 3.33. The van der Waals surface area contributed by atoms with Gasteiger partial charge in [-0.05, 0) is 39.8 Å². The number of carbonyl (C=O) groups is 4. The van der Waals surface area contributed by atoms with Crippen molar-refractivity contribution in [2.45, 2.75) is 39.9 Å². The molecule has 0 aromatic heterocycles. The first kappa shape index (κ1) is 26.8. The van der Waals surface area contributed by atoms with Crippen LogP contribution in [0.3, 0.4) is 0 Å². The summed E-state index contributed by atoms with van der Waals surface area (Å²) in [5.74, 6) is -3.18. The smallest absolute Gasteiger partial charge is 0.336 e. The molecule has 0 amide bonds. The summed E-state index contributed by atoms with van der Waals surface area (Å²) in [5, 5.41) is 17.1. The Balaban J connectivity index is 0. The minimum absolute atomic E-state index is 0.0412. The van der Waals surface area contributed by atoms with E-state index in [1.807, 2.05) is 0 Å². The lowest BCUT2D eigenvalue weighted by atomic mass is 10.1. The highest BCUT2D eigenvalue weighted by molar-refractivity contribution is 6.01. The molecule has 0 fully saturated rings. The second-order valence-electron chi connectivity index (χ2n) is 5.54. The summed E-state index contributed by atoms with van der Waals surface area (Å²) < 4.78 is 9.28. The molecule has 0 aliphatic rings. The van der Waals surface area contributed by atoms with Crippen LogP contribution < -0.4 is 0 Å². The molecule has 8 nitrogen and oxygen atoms in total. The highest BCUT2D eigenvalue weighted by Crippen LogP contribution is 2.07. The Kier molecular flexibility index (Phi) is 14.1. The Hall–Kier alpha value is -3.42. The van der Waals surface area contributed by atoms with Gasteiger partial charge in [0.05, 0.1) is 23.3 Å². The van der Waals surface area contributed by atoms with Gasteiger partial charge >= 0.3 is 23.9 Å². The number of carboxylic acids is 2. The van der Waals surface area contributed by atoms with Gasteiger partial charge in [0.2, 0.25) is 0 Å². The van der Waals surface area contributed by atoms with Gasteiger partial charge in [0.25, 0.3) is 0 Å². The minimum atomic E-state index is -1.23. The lowest BCUT2D eigenvalue weighted by Gasteiger charge is -2.02. The van der Waals surface area contributed by atoms with Gasteiger partial charge in [-0.1, -0.05) is 25.3 Å². The highest BCUT2D eigenvalue weighted by atomic mass is 16.5. The number of rotatable bonds is 6. The van der Waals surface area contributed by atoms with Crippen LogP contribution in [0.15, 0.2) is 49.6 Å². The van der Waals surface area contributed by atoms with Crippen molar-refractivity contribution < 1.29 is 38.9 Å². The molecule has 154 valence electrons. The van der Waals surface area contributed by atoms with E-state index >= 15 is 0 Å². The molecular formula is C20H26O8. The highest BCUT2D eigenvalue weighted by Gasteiger charge is 2.13. The zero-order chi connectivity index (χ0) is 22.3. The molecule has 1 aromatic carbocycles. The molecule has 0 aliphatic heterocycles. The van der Waals surface area contributed by atoms with Gasteiger partial charge < -0.3 is 19.7 Å². The van der Waals surface area contributed by atoms with Crippen LogP contribution in [-0.2, 0) is 19.1 Å². The minimum Gasteiger partial charge on any atom is -0.478 e. The first-order chi connectivity index (χ1) is 13.0. The Morgan fingerprint density at radius 1 is 0.786 bits per heavy atom. The average molecular weight is 394 g/mol. The van der Waals surface area contributed by atoms with Gasteiger partial charge in [0, 0.05) is 12.2 Å². The maximum Gasteiger partial charge on any atom is 0.336 e. The number of benzene rings is 1. The second kappa shape index (κ2) is 14.7. The van der Waals surface area contributed by atoms with Gasteiger partial charge in [-0.2, -0.15) is 0 Å². The van der Waals surface area contributed by atoms with E-state index in [-0.39, 0.29) is 35.3 Å². The summed E-state index contributed by atoms with van der Waals surface area (Å²) in [5.41, 5.74) is -0.380. The van der Waals surface area contributed by atoms with Crippen LogP contribution in [0.5, 0.6) is 0 Å². The van der Waals surface area contributed by atoms with E-state index in [4.69, 9.17) is 10.2 Å². The summed E-state index contributed by atoms with van der Waals surface area (Å²) in [6.45, 7) is 13.7. The van der Waals surface area contributed by atoms with Crippen molar-refractivity contribution in [1.29, 1.82) is 0 Å². The molecule has 0 saturated heterocycles. The van der Waals surface area contributed by atoms with E-state index in [0.717, 1.165) is 12.2 Å². The van der Waals surface area contributed by atoms with Gasteiger partial charge in [-0.15, -0.1) is 0 Å². The van der Waals surface area contributed by atoms with Crippen molar-refractivity contribution in [1.82, 2.24) is 0 Å². The summed E-state index contributed by atoms with van der Waals surface area (Å²) in [6, 6.07) is 5.48. The summed E-state index contributed by atoms with van der Waals surface area (Å²) in [7, 11) is 0. The summed E-state index contributed by atoms with van der Waals surface area (Å²) in [6.07, 6.45) is 2.22. The molecule has 0 bridgehead atoms. The fourth-order valence-corrected chi connectivity index (χ4v) is 1.42. The largest absolute Gasteiger partial charge is 0.478 e. The molecule has 28 heavy (non-hydrogen) atoms. The van der Waals surface area contributed by atoms with Crippen molar-refractivity contribution in [3.8, 4) is 0 Å². The van der Waals surface area contributed by atoms with Crippen molar-refractivity contribution in [2.75, 3.05) is 0 Å². The van der Waals surface area contributed by atoms with Gasteiger partial charge in [0.1, 0.15) is 0 Å². The molecule has 0 spiro atoms. The fraction of sp³-hybridized carbons (Fsp3) is 0.300. The first-order valence-corrected chi connectivity index (χ1v) is 8.17. The van der Waals surface area contributed by atoms with Gasteiger partial charge in [-0.3, -0.25) is 0 Å². The quantitative estimate of drug-likeness (QED) is 0.555. The Morgan fingerprint density at radius 2 is 1.07 bits per heavy atom. The van der Waals surface area contributed by atoms with Crippen LogP contribution >= 0.6 is 0 Å². The molecule has 0 radical (unpaired) electrons. The Bertz CT molecular complexity index is 630. The standard InChI is InChI=1S/C8H6O4.2C6H10O2/c9-7(10)5-3-1-2-4-6(5)8(11)12;2*1-4-6(7)8-5(2)3/h1-4H,(H,9,10)(H,11,12);2*4-5H,1H2,2-3H3. The first-order valence-electron chi connectivity index (χ1n) is 8.17. The third kappa shape index (κ3) is 13.8. The molecule has 8 heteroatoms. The number of hydrogen-bond donors (Lipinski definition) is 2. The van der Waals surface area contributed by atoms with E-state index in [1.165, 1.54) is 24.3 Å². The Morgan fingerprint density at radius 3 is 1.21 bits per heavy atom. The number of esters is 2. The van der Waals surface area contributed by atoms with E-state index in [9.17, 15) is 19.2 Å². The monoisotopic (exact) mass is 394 g/mol. The number of aromatic carboxylic acids is 2. The molecule has 0 saturated carbocycles. The van der Waals surface area contributed by atoms with E-state index in [2.05, 4.69) is 22.6 Å². The fourth-order valence-electron chi connectivity index (χ4n) is 1.42. The lowest BCUT2D eigenvalue weighted by molar-refractivity contribution is -0.142. The van der Waals surface area contributed by atoms with Crippen LogP contribution in [0, 0.1) is 0 Å². The van der Waals surface area contributed by atoms with Crippen LogP contribution in [-0.4, -0.2) is 46.3 Å². The van der Waals surface area contributed by atoms with Gasteiger partial charge in [-0.25, -0.2) is 19.2 Å². The predicted molar refractivity (Wildman–Crippen MR) is 103 cm³/mol. The zero-order valence-electron chi connectivity index (χ0n) is 16.4. The average Bonchev–Trinajstić information content (AvgIpc) is 2.61. The summed E-state index contributed by atoms with van der Waals surface area (Å²) in [4.78, 5) is 41.5. The molecule has 0 heterocycles. The third-order valence-electron chi connectivity index (χ3n) is 2.42. The molecule has 0 aliphatic carbocycles. The molecule has 2 N–H and O–H groups in total. The topological polar surface area (TPSA) is 127 Å². The van der Waals surface area contributed by atoms with Crippen molar-refractivity contribution in [3.63, 3.8) is 0 Å². The van der Waals surface area contributed by atoms with Crippen molar-refractivity contribution in [3.05, 3.63) is 60.7 Å².